The molecule has 0 aromatic rings. The second kappa shape index (κ2) is 46.2. The fourth-order valence-electron chi connectivity index (χ4n) is 3.31. The SMILES string of the molecule is CCC[CH2][Sn]([CH2]CCC)[CH2]CCC.CCC[CH2][Sn]([CH2]CCC)[CH2]CCC.[C-]#N.[Cu].[Li+].[Li+]. The summed E-state index contributed by atoms with van der Waals surface area (Å²) < 4.78 is 10.1. The molecular formula is C25H54CuLi2NSn2+. The number of nitrogens with zero attached hydrogens (tertiary/aromatic N) is 1. The zero-order valence-corrected chi connectivity index (χ0v) is 29.6. The van der Waals surface area contributed by atoms with E-state index in [0.717, 1.165) is 0 Å². The van der Waals surface area contributed by atoms with Crippen molar-refractivity contribution >= 4 is 39.5 Å². The Hall–Kier alpha value is 2.80. The molecule has 0 aromatic carbocycles. The van der Waals surface area contributed by atoms with E-state index in [9.17, 15) is 0 Å². The molecule has 0 aromatic heterocycles. The van der Waals surface area contributed by atoms with Crippen molar-refractivity contribution in [2.75, 3.05) is 0 Å². The first kappa shape index (κ1) is 47.1. The van der Waals surface area contributed by atoms with Crippen LogP contribution in [0, 0.1) is 11.8 Å². The van der Waals surface area contributed by atoms with Crippen LogP contribution in [0.4, 0.5) is 0 Å². The molecular weight excluding hydrogens is 629 g/mol. The van der Waals surface area contributed by atoms with Crippen LogP contribution in [0.25, 0.3) is 0 Å². The molecule has 0 amide bonds. The molecule has 0 aliphatic heterocycles. The van der Waals surface area contributed by atoms with Gasteiger partial charge in [0.1, 0.15) is 0 Å². The van der Waals surface area contributed by atoms with Gasteiger partial charge in [-0.25, -0.2) is 0 Å². The van der Waals surface area contributed by atoms with Crippen molar-refractivity contribution in [2.45, 2.75) is 145 Å². The van der Waals surface area contributed by atoms with Crippen LogP contribution >= 0.6 is 0 Å². The maximum atomic E-state index is 6.25. The van der Waals surface area contributed by atoms with Crippen LogP contribution in [0.15, 0.2) is 0 Å². The predicted octanol–water partition coefficient (Wildman–Crippen LogP) is 3.86. The molecule has 31 heavy (non-hydrogen) atoms. The van der Waals surface area contributed by atoms with Crippen molar-refractivity contribution in [3.05, 3.63) is 6.57 Å². The molecule has 0 rings (SSSR count). The maximum Gasteiger partial charge on any atom is 1.00 e. The van der Waals surface area contributed by atoms with E-state index >= 15 is 0 Å². The van der Waals surface area contributed by atoms with E-state index in [0.29, 0.717) is 0 Å². The Kier molecular flexibility index (Phi) is 70.1. The van der Waals surface area contributed by atoms with Crippen LogP contribution in [-0.2, 0) is 17.1 Å². The topological polar surface area (TPSA) is 23.8 Å². The molecule has 0 spiro atoms. The number of rotatable bonds is 18. The second-order valence-corrected chi connectivity index (χ2v) is 25.2. The molecule has 0 saturated heterocycles. The molecule has 0 unspecified atom stereocenters. The quantitative estimate of drug-likeness (QED) is 0.159. The van der Waals surface area contributed by atoms with Crippen molar-refractivity contribution in [3.8, 4) is 0 Å². The van der Waals surface area contributed by atoms with E-state index in [1.54, 1.807) is 26.6 Å². The molecule has 0 saturated carbocycles. The molecule has 1 nitrogen and oxygen atoms in total. The minimum absolute atomic E-state index is 0. The Morgan fingerprint density at radius 3 is 0.645 bits per heavy atom. The van der Waals surface area contributed by atoms with Gasteiger partial charge < -0.3 is 11.8 Å². The third-order valence-corrected chi connectivity index (χ3v) is 23.5. The van der Waals surface area contributed by atoms with Crippen LogP contribution in [-0.4, -0.2) is 39.5 Å². The van der Waals surface area contributed by atoms with Crippen molar-refractivity contribution < 1.29 is 54.8 Å². The summed E-state index contributed by atoms with van der Waals surface area (Å²) in [5, 5.41) is 6.25. The fourth-order valence-corrected chi connectivity index (χ4v) is 22.2. The first-order valence-electron chi connectivity index (χ1n) is 12.6. The van der Waals surface area contributed by atoms with Gasteiger partial charge in [-0.3, -0.25) is 0 Å². The van der Waals surface area contributed by atoms with Gasteiger partial charge in [-0.1, -0.05) is 0 Å². The molecule has 0 bridgehead atoms. The molecule has 0 fully saturated rings. The minimum atomic E-state index is -0.839. The Morgan fingerprint density at radius 1 is 0.419 bits per heavy atom. The van der Waals surface area contributed by atoms with Gasteiger partial charge in [0.2, 0.25) is 0 Å². The fraction of sp³-hybridized carbons (Fsp3) is 0.960. The van der Waals surface area contributed by atoms with Gasteiger partial charge in [0, 0.05) is 17.1 Å². The summed E-state index contributed by atoms with van der Waals surface area (Å²) in [7, 11) is 0. The van der Waals surface area contributed by atoms with Crippen LogP contribution < -0.4 is 37.7 Å². The van der Waals surface area contributed by atoms with Crippen molar-refractivity contribution in [3.63, 3.8) is 0 Å². The van der Waals surface area contributed by atoms with E-state index in [-0.39, 0.29) is 54.8 Å². The average molecular weight is 684 g/mol. The van der Waals surface area contributed by atoms with Crippen LogP contribution in [0.1, 0.15) is 119 Å². The van der Waals surface area contributed by atoms with Crippen molar-refractivity contribution in [2.24, 2.45) is 0 Å². The van der Waals surface area contributed by atoms with Gasteiger partial charge in [-0.15, -0.1) is 0 Å². The Labute approximate surface area is 248 Å². The van der Waals surface area contributed by atoms with E-state index in [1.165, 1.54) is 77.0 Å². The summed E-state index contributed by atoms with van der Waals surface area (Å²) in [6, 6.07) is 0. The standard InChI is InChI=1S/6C4H9.CN.Cu.2Li.2Sn/c6*1-3-4-2;1-2;;;;;/h6*1,3-4H2,2H3;;;;;;/q;;;;;;-1;;2*+1;;. The van der Waals surface area contributed by atoms with Gasteiger partial charge in [0.15, 0.2) is 0 Å². The average Bonchev–Trinajstić information content (AvgIpc) is 2.74. The Balaban J connectivity index is -0.0000000855. The molecule has 0 aliphatic rings. The van der Waals surface area contributed by atoms with E-state index in [4.69, 9.17) is 11.8 Å². The maximum absolute atomic E-state index is 6.25. The predicted molar refractivity (Wildman–Crippen MR) is 135 cm³/mol. The normalized spacial score (nSPS) is 9.35. The largest absolute Gasteiger partial charge is 1.00 e. The zero-order valence-electron chi connectivity index (χ0n) is 23.0. The smallest absolute Gasteiger partial charge is 0.512 e. The third-order valence-electron chi connectivity index (χ3n) is 5.30. The molecule has 179 valence electrons. The Bertz CT molecular complexity index is 223. The summed E-state index contributed by atoms with van der Waals surface area (Å²) in [4.78, 5) is 0. The van der Waals surface area contributed by atoms with Crippen LogP contribution in [0.2, 0.25) is 26.6 Å². The molecule has 0 atom stereocenters. The van der Waals surface area contributed by atoms with Gasteiger partial charge in [0.05, 0.1) is 0 Å². The number of hydrogen-bond donors (Lipinski definition) is 0. The minimum Gasteiger partial charge on any atom is -0.512 e. The summed E-state index contributed by atoms with van der Waals surface area (Å²) in [5.41, 5.74) is 0. The summed E-state index contributed by atoms with van der Waals surface area (Å²) in [6.07, 6.45) is 17.7. The molecule has 0 aliphatic carbocycles. The van der Waals surface area contributed by atoms with E-state index in [2.05, 4.69) is 41.5 Å². The molecule has 0 heterocycles. The van der Waals surface area contributed by atoms with Gasteiger partial charge in [-0.05, 0) is 0 Å². The van der Waals surface area contributed by atoms with E-state index in [1.807, 2.05) is 0 Å². The summed E-state index contributed by atoms with van der Waals surface area (Å²) >= 11 is -1.68. The Morgan fingerprint density at radius 2 is 0.548 bits per heavy atom. The first-order chi connectivity index (χ1) is 13.7. The van der Waals surface area contributed by atoms with Gasteiger partial charge >= 0.3 is 222 Å². The van der Waals surface area contributed by atoms with Crippen molar-refractivity contribution in [1.29, 1.82) is 5.26 Å². The van der Waals surface area contributed by atoms with Crippen LogP contribution in [0.5, 0.6) is 0 Å². The second-order valence-electron chi connectivity index (χ2n) is 8.12. The first-order valence-corrected chi connectivity index (χ1v) is 24.7. The molecule has 6 heteroatoms. The number of unbranched alkanes of at least 4 members (excludes halogenated alkanes) is 6. The zero-order chi connectivity index (χ0) is 21.9. The van der Waals surface area contributed by atoms with Crippen LogP contribution in [0.3, 0.4) is 0 Å². The summed E-state index contributed by atoms with van der Waals surface area (Å²) in [6.45, 7) is 18.8. The monoisotopic (exact) mass is 685 g/mol. The molecule has 0 N–H and O–H groups in total. The molecule has 3 radical (unpaired) electrons. The number of hydrogen-bond acceptors (Lipinski definition) is 1. The van der Waals surface area contributed by atoms with Crippen molar-refractivity contribution in [1.82, 2.24) is 0 Å². The van der Waals surface area contributed by atoms with E-state index < -0.39 is 39.5 Å². The summed E-state index contributed by atoms with van der Waals surface area (Å²) in [5.74, 6) is 0. The third kappa shape index (κ3) is 43.3. The van der Waals surface area contributed by atoms with Gasteiger partial charge in [0.25, 0.3) is 0 Å². The van der Waals surface area contributed by atoms with Gasteiger partial charge in [-0.2, -0.15) is 0 Å².